The number of nitrogens with one attached hydrogen (secondary N) is 1. The fourth-order valence-corrected chi connectivity index (χ4v) is 3.47. The zero-order valence-electron chi connectivity index (χ0n) is 10.8. The van der Waals surface area contributed by atoms with Crippen LogP contribution in [0.4, 0.5) is 0 Å². The maximum absolute atomic E-state index is 12.2. The average Bonchev–Trinajstić information content (AvgIpc) is 2.68. The second-order valence-electron chi connectivity index (χ2n) is 4.54. The van der Waals surface area contributed by atoms with E-state index in [0.29, 0.717) is 21.6 Å². The van der Waals surface area contributed by atoms with Crippen molar-refractivity contribution in [3.05, 3.63) is 43.5 Å². The Bertz CT molecular complexity index is 883. The minimum atomic E-state index is -0.175. The molecule has 6 heteroatoms. The van der Waals surface area contributed by atoms with Gasteiger partial charge in [-0.2, -0.15) is 0 Å². The van der Waals surface area contributed by atoms with Crippen molar-refractivity contribution in [1.82, 2.24) is 9.97 Å². The largest absolute Gasteiger partial charge is 0.507 e. The van der Waals surface area contributed by atoms with Crippen molar-refractivity contribution >= 4 is 37.5 Å². The molecule has 3 rings (SSSR count). The highest BCUT2D eigenvalue weighted by molar-refractivity contribution is 9.10. The Labute approximate surface area is 127 Å². The first-order chi connectivity index (χ1) is 9.47. The molecule has 0 fully saturated rings. The number of aryl methyl sites for hydroxylation is 2. The first kappa shape index (κ1) is 13.3. The molecule has 4 nitrogen and oxygen atoms in total. The zero-order valence-corrected chi connectivity index (χ0v) is 13.2. The molecule has 0 aliphatic rings. The predicted octanol–water partition coefficient (Wildman–Crippen LogP) is 3.74. The Morgan fingerprint density at radius 2 is 2.10 bits per heavy atom. The fraction of sp³-hybridized carbons (Fsp3) is 0.143. The number of halogens is 1. The van der Waals surface area contributed by atoms with Crippen LogP contribution >= 0.6 is 27.3 Å². The molecule has 20 heavy (non-hydrogen) atoms. The topological polar surface area (TPSA) is 66.0 Å². The Morgan fingerprint density at radius 3 is 2.85 bits per heavy atom. The number of aromatic nitrogens is 2. The summed E-state index contributed by atoms with van der Waals surface area (Å²) in [7, 11) is 0. The van der Waals surface area contributed by atoms with Crippen LogP contribution in [0.5, 0.6) is 5.75 Å². The monoisotopic (exact) mass is 350 g/mol. The van der Waals surface area contributed by atoms with Gasteiger partial charge in [-0.05, 0) is 37.6 Å². The van der Waals surface area contributed by atoms with Crippen LogP contribution in [0, 0.1) is 13.8 Å². The van der Waals surface area contributed by atoms with Crippen molar-refractivity contribution in [2.75, 3.05) is 0 Å². The number of hydrogen-bond acceptors (Lipinski definition) is 4. The lowest BCUT2D eigenvalue weighted by molar-refractivity contribution is 0.477. The molecule has 2 aromatic heterocycles. The summed E-state index contributed by atoms with van der Waals surface area (Å²) in [4.78, 5) is 21.2. The second kappa shape index (κ2) is 4.71. The molecule has 0 amide bonds. The van der Waals surface area contributed by atoms with E-state index in [1.54, 1.807) is 18.2 Å². The van der Waals surface area contributed by atoms with E-state index in [2.05, 4.69) is 25.9 Å². The van der Waals surface area contributed by atoms with E-state index >= 15 is 0 Å². The van der Waals surface area contributed by atoms with E-state index in [1.165, 1.54) is 11.3 Å². The second-order valence-corrected chi connectivity index (χ2v) is 6.66. The van der Waals surface area contributed by atoms with Gasteiger partial charge < -0.3 is 10.1 Å². The average molecular weight is 351 g/mol. The van der Waals surface area contributed by atoms with Crippen LogP contribution in [-0.2, 0) is 0 Å². The standard InChI is InChI=1S/C14H11BrN2O2S/c1-6-7(2)20-14-11(6)13(19)16-12(17-14)9-5-8(15)3-4-10(9)18/h3-5,18H,1-2H3,(H,16,17,19). The number of fused-ring (bicyclic) bond motifs is 1. The summed E-state index contributed by atoms with van der Waals surface area (Å²) in [6.45, 7) is 3.89. The number of thiophene rings is 1. The van der Waals surface area contributed by atoms with Crippen molar-refractivity contribution in [3.63, 3.8) is 0 Å². The number of rotatable bonds is 1. The van der Waals surface area contributed by atoms with Gasteiger partial charge in [0.2, 0.25) is 0 Å². The van der Waals surface area contributed by atoms with Gasteiger partial charge in [0.25, 0.3) is 5.56 Å². The quantitative estimate of drug-likeness (QED) is 0.702. The van der Waals surface area contributed by atoms with E-state index in [0.717, 1.165) is 14.9 Å². The van der Waals surface area contributed by atoms with Crippen molar-refractivity contribution in [1.29, 1.82) is 0 Å². The third kappa shape index (κ3) is 2.05. The normalized spacial score (nSPS) is 11.2. The van der Waals surface area contributed by atoms with Crippen LogP contribution in [-0.4, -0.2) is 15.1 Å². The summed E-state index contributed by atoms with van der Waals surface area (Å²) < 4.78 is 0.812. The highest BCUT2D eigenvalue weighted by Crippen LogP contribution is 2.32. The van der Waals surface area contributed by atoms with Crippen LogP contribution in [0.2, 0.25) is 0 Å². The van der Waals surface area contributed by atoms with Gasteiger partial charge in [0.05, 0.1) is 10.9 Å². The van der Waals surface area contributed by atoms with Crippen molar-refractivity contribution in [2.24, 2.45) is 0 Å². The molecule has 2 heterocycles. The lowest BCUT2D eigenvalue weighted by Gasteiger charge is -2.04. The molecule has 0 saturated carbocycles. The molecule has 0 saturated heterocycles. The van der Waals surface area contributed by atoms with Gasteiger partial charge in [0, 0.05) is 9.35 Å². The van der Waals surface area contributed by atoms with Gasteiger partial charge in [-0.15, -0.1) is 11.3 Å². The van der Waals surface area contributed by atoms with Gasteiger partial charge in [-0.25, -0.2) is 4.98 Å². The summed E-state index contributed by atoms with van der Waals surface area (Å²) in [6.07, 6.45) is 0. The van der Waals surface area contributed by atoms with Crippen LogP contribution in [0.3, 0.4) is 0 Å². The number of nitrogens with zero attached hydrogens (tertiary/aromatic N) is 1. The van der Waals surface area contributed by atoms with E-state index in [9.17, 15) is 9.90 Å². The fourth-order valence-electron chi connectivity index (χ4n) is 2.08. The summed E-state index contributed by atoms with van der Waals surface area (Å²) in [5.41, 5.74) is 1.29. The molecule has 0 unspecified atom stereocenters. The number of hydrogen-bond donors (Lipinski definition) is 2. The maximum atomic E-state index is 12.2. The minimum absolute atomic E-state index is 0.0840. The number of aromatic hydroxyl groups is 1. The molecule has 0 aliphatic heterocycles. The Morgan fingerprint density at radius 1 is 1.35 bits per heavy atom. The smallest absolute Gasteiger partial charge is 0.260 e. The number of benzene rings is 1. The number of phenols is 1. The summed E-state index contributed by atoms with van der Waals surface area (Å²) in [5.74, 6) is 0.461. The highest BCUT2D eigenvalue weighted by Gasteiger charge is 2.14. The third-order valence-corrected chi connectivity index (χ3v) is 4.85. The molecule has 0 spiro atoms. The number of aromatic amines is 1. The van der Waals surface area contributed by atoms with Crippen LogP contribution < -0.4 is 5.56 Å². The SMILES string of the molecule is Cc1sc2nc(-c3cc(Br)ccc3O)[nH]c(=O)c2c1C. The van der Waals surface area contributed by atoms with Gasteiger partial charge in [-0.3, -0.25) is 4.79 Å². The van der Waals surface area contributed by atoms with Gasteiger partial charge >= 0.3 is 0 Å². The van der Waals surface area contributed by atoms with Crippen LogP contribution in [0.1, 0.15) is 10.4 Å². The Balaban J connectivity index is 2.33. The van der Waals surface area contributed by atoms with Crippen molar-refractivity contribution < 1.29 is 5.11 Å². The van der Waals surface area contributed by atoms with E-state index in [4.69, 9.17) is 0 Å². The van der Waals surface area contributed by atoms with E-state index < -0.39 is 0 Å². The lowest BCUT2D eigenvalue weighted by atomic mass is 10.2. The van der Waals surface area contributed by atoms with Crippen molar-refractivity contribution in [3.8, 4) is 17.1 Å². The lowest BCUT2D eigenvalue weighted by Crippen LogP contribution is -2.09. The number of phenolic OH excluding ortho intramolecular Hbond substituents is 1. The maximum Gasteiger partial charge on any atom is 0.260 e. The molecule has 2 N–H and O–H groups in total. The molecule has 102 valence electrons. The van der Waals surface area contributed by atoms with Gasteiger partial charge in [0.15, 0.2) is 0 Å². The molecule has 0 atom stereocenters. The zero-order chi connectivity index (χ0) is 14.4. The summed E-state index contributed by atoms with van der Waals surface area (Å²) in [6, 6.07) is 5.02. The van der Waals surface area contributed by atoms with Crippen molar-refractivity contribution in [2.45, 2.75) is 13.8 Å². The Kier molecular flexibility index (Phi) is 3.14. The first-order valence-corrected chi connectivity index (χ1v) is 7.57. The molecule has 0 bridgehead atoms. The van der Waals surface area contributed by atoms with Gasteiger partial charge in [0.1, 0.15) is 16.4 Å². The van der Waals surface area contributed by atoms with E-state index in [1.807, 2.05) is 13.8 Å². The minimum Gasteiger partial charge on any atom is -0.507 e. The highest BCUT2D eigenvalue weighted by atomic mass is 79.9. The molecule has 0 radical (unpaired) electrons. The molecule has 0 aliphatic carbocycles. The van der Waals surface area contributed by atoms with Gasteiger partial charge in [-0.1, -0.05) is 15.9 Å². The molecular formula is C14H11BrN2O2S. The Hall–Kier alpha value is -1.66. The molecule has 3 aromatic rings. The van der Waals surface area contributed by atoms with Crippen LogP contribution in [0.15, 0.2) is 27.5 Å². The first-order valence-electron chi connectivity index (χ1n) is 5.96. The van der Waals surface area contributed by atoms with E-state index in [-0.39, 0.29) is 11.3 Å². The van der Waals surface area contributed by atoms with Crippen LogP contribution in [0.25, 0.3) is 21.6 Å². The summed E-state index contributed by atoms with van der Waals surface area (Å²) >= 11 is 4.84. The summed E-state index contributed by atoms with van der Waals surface area (Å²) in [5, 5.41) is 10.6. The third-order valence-electron chi connectivity index (χ3n) is 3.25. The predicted molar refractivity (Wildman–Crippen MR) is 84.5 cm³/mol. The molecule has 1 aromatic carbocycles. The molecular weight excluding hydrogens is 340 g/mol. The number of H-pyrrole nitrogens is 1.